The van der Waals surface area contributed by atoms with Crippen LogP contribution in [0.3, 0.4) is 0 Å². The summed E-state index contributed by atoms with van der Waals surface area (Å²) in [5, 5.41) is 3.22. The third-order valence-electron chi connectivity index (χ3n) is 2.80. The minimum atomic E-state index is -0.603. The number of halogens is 1. The van der Waals surface area contributed by atoms with Gasteiger partial charge in [0.2, 0.25) is 0 Å². The number of hydrogen-bond acceptors (Lipinski definition) is 3. The molecule has 2 aliphatic rings. The van der Waals surface area contributed by atoms with E-state index < -0.39 is 5.79 Å². The fourth-order valence-corrected chi connectivity index (χ4v) is 2.09. The maximum Gasteiger partial charge on any atom is 0.263 e. The first-order chi connectivity index (χ1) is 7.27. The standard InChI is InChI=1S/C11H12FNO2/c12-8-2-3-9-10(6-8)15-11(14-9)4-1-5-13-7-11/h2-3,6,13H,1,4-5,7H2. The van der Waals surface area contributed by atoms with Gasteiger partial charge in [-0.1, -0.05) is 0 Å². The zero-order valence-corrected chi connectivity index (χ0v) is 8.25. The third-order valence-corrected chi connectivity index (χ3v) is 2.80. The molecule has 1 unspecified atom stereocenters. The van der Waals surface area contributed by atoms with Crippen LogP contribution in [0.25, 0.3) is 0 Å². The molecule has 0 aliphatic carbocycles. The van der Waals surface area contributed by atoms with Gasteiger partial charge in [0.1, 0.15) is 5.82 Å². The predicted molar refractivity (Wildman–Crippen MR) is 52.5 cm³/mol. The highest BCUT2D eigenvalue weighted by Crippen LogP contribution is 2.41. The van der Waals surface area contributed by atoms with Gasteiger partial charge in [-0.15, -0.1) is 0 Å². The molecule has 80 valence electrons. The van der Waals surface area contributed by atoms with E-state index in [-0.39, 0.29) is 5.82 Å². The number of hydrogen-bond donors (Lipinski definition) is 1. The van der Waals surface area contributed by atoms with Crippen LogP contribution in [0, 0.1) is 5.82 Å². The van der Waals surface area contributed by atoms with Crippen LogP contribution in [0.1, 0.15) is 12.8 Å². The fraction of sp³-hybridized carbons (Fsp3) is 0.455. The summed E-state index contributed by atoms with van der Waals surface area (Å²) in [4.78, 5) is 0. The number of piperidine rings is 1. The van der Waals surface area contributed by atoms with E-state index in [4.69, 9.17) is 9.47 Å². The molecule has 2 aliphatic heterocycles. The molecule has 1 aromatic rings. The van der Waals surface area contributed by atoms with Crippen molar-refractivity contribution in [3.63, 3.8) is 0 Å². The van der Waals surface area contributed by atoms with Crippen LogP contribution < -0.4 is 14.8 Å². The summed E-state index contributed by atoms with van der Waals surface area (Å²) < 4.78 is 24.4. The van der Waals surface area contributed by atoms with Crippen molar-refractivity contribution in [3.8, 4) is 11.5 Å². The maximum absolute atomic E-state index is 13.0. The molecule has 4 heteroatoms. The molecule has 15 heavy (non-hydrogen) atoms. The van der Waals surface area contributed by atoms with Gasteiger partial charge in [0.25, 0.3) is 5.79 Å². The predicted octanol–water partition coefficient (Wildman–Crippen LogP) is 1.68. The lowest BCUT2D eigenvalue weighted by Crippen LogP contribution is -2.51. The largest absolute Gasteiger partial charge is 0.447 e. The normalized spacial score (nSPS) is 28.3. The lowest BCUT2D eigenvalue weighted by molar-refractivity contribution is -0.0936. The highest BCUT2D eigenvalue weighted by atomic mass is 19.1. The van der Waals surface area contributed by atoms with E-state index in [2.05, 4.69) is 5.32 Å². The second-order valence-corrected chi connectivity index (χ2v) is 3.99. The van der Waals surface area contributed by atoms with Gasteiger partial charge < -0.3 is 14.8 Å². The van der Waals surface area contributed by atoms with Crippen molar-refractivity contribution in [2.24, 2.45) is 0 Å². The molecule has 1 saturated heterocycles. The molecule has 1 atom stereocenters. The van der Waals surface area contributed by atoms with E-state index in [1.165, 1.54) is 12.1 Å². The summed E-state index contributed by atoms with van der Waals surface area (Å²) in [5.41, 5.74) is 0. The highest BCUT2D eigenvalue weighted by Gasteiger charge is 2.42. The van der Waals surface area contributed by atoms with Crippen LogP contribution in [0.5, 0.6) is 11.5 Å². The van der Waals surface area contributed by atoms with E-state index in [1.54, 1.807) is 6.07 Å². The first-order valence-electron chi connectivity index (χ1n) is 5.16. The van der Waals surface area contributed by atoms with Gasteiger partial charge in [-0.25, -0.2) is 4.39 Å². The molecule has 3 nitrogen and oxygen atoms in total. The van der Waals surface area contributed by atoms with Crippen molar-refractivity contribution in [1.29, 1.82) is 0 Å². The van der Waals surface area contributed by atoms with Crippen molar-refractivity contribution >= 4 is 0 Å². The van der Waals surface area contributed by atoms with Crippen LogP contribution in [-0.4, -0.2) is 18.9 Å². The molecule has 0 radical (unpaired) electrons. The summed E-state index contributed by atoms with van der Waals surface area (Å²) >= 11 is 0. The van der Waals surface area contributed by atoms with Crippen LogP contribution >= 0.6 is 0 Å². The van der Waals surface area contributed by atoms with E-state index in [0.717, 1.165) is 19.4 Å². The lowest BCUT2D eigenvalue weighted by Gasteiger charge is -2.31. The number of nitrogens with one attached hydrogen (secondary N) is 1. The Morgan fingerprint density at radius 2 is 2.13 bits per heavy atom. The van der Waals surface area contributed by atoms with Crippen LogP contribution in [0.15, 0.2) is 18.2 Å². The Kier molecular flexibility index (Phi) is 1.85. The zero-order valence-electron chi connectivity index (χ0n) is 8.25. The Labute approximate surface area is 87.2 Å². The van der Waals surface area contributed by atoms with E-state index in [9.17, 15) is 4.39 Å². The Morgan fingerprint density at radius 3 is 2.93 bits per heavy atom. The average Bonchev–Trinajstić information content (AvgIpc) is 2.56. The zero-order chi connectivity index (χ0) is 10.3. The molecule has 0 bridgehead atoms. The molecule has 0 aromatic heterocycles. The molecule has 1 aromatic carbocycles. The lowest BCUT2D eigenvalue weighted by atomic mass is 10.1. The Hall–Kier alpha value is -1.29. The summed E-state index contributed by atoms with van der Waals surface area (Å²) in [6.45, 7) is 1.64. The molecule has 2 heterocycles. The Bertz CT molecular complexity index is 388. The second-order valence-electron chi connectivity index (χ2n) is 3.99. The van der Waals surface area contributed by atoms with E-state index >= 15 is 0 Å². The molecule has 1 fully saturated rings. The van der Waals surface area contributed by atoms with Crippen molar-refractivity contribution in [1.82, 2.24) is 5.32 Å². The van der Waals surface area contributed by atoms with Crippen LogP contribution in [0.4, 0.5) is 4.39 Å². The van der Waals surface area contributed by atoms with Gasteiger partial charge in [0.05, 0.1) is 6.54 Å². The monoisotopic (exact) mass is 209 g/mol. The molecule has 0 amide bonds. The average molecular weight is 209 g/mol. The van der Waals surface area contributed by atoms with Gasteiger partial charge in [0.15, 0.2) is 11.5 Å². The molecule has 1 spiro atoms. The van der Waals surface area contributed by atoms with Crippen molar-refractivity contribution in [2.75, 3.05) is 13.1 Å². The number of fused-ring (bicyclic) bond motifs is 1. The minimum absolute atomic E-state index is 0.293. The quantitative estimate of drug-likeness (QED) is 0.705. The summed E-state index contributed by atoms with van der Waals surface area (Å²) in [6, 6.07) is 4.38. The Balaban J connectivity index is 1.90. The number of benzene rings is 1. The molecule has 0 saturated carbocycles. The fourth-order valence-electron chi connectivity index (χ4n) is 2.09. The Morgan fingerprint density at radius 1 is 1.27 bits per heavy atom. The minimum Gasteiger partial charge on any atom is -0.447 e. The van der Waals surface area contributed by atoms with Crippen LogP contribution in [0.2, 0.25) is 0 Å². The molecular weight excluding hydrogens is 197 g/mol. The molecular formula is C11H12FNO2. The van der Waals surface area contributed by atoms with Gasteiger partial charge in [0, 0.05) is 12.5 Å². The molecule has 1 N–H and O–H groups in total. The smallest absolute Gasteiger partial charge is 0.263 e. The third kappa shape index (κ3) is 1.45. The van der Waals surface area contributed by atoms with Crippen LogP contribution in [-0.2, 0) is 0 Å². The van der Waals surface area contributed by atoms with Gasteiger partial charge in [-0.3, -0.25) is 0 Å². The van der Waals surface area contributed by atoms with Crippen molar-refractivity contribution in [3.05, 3.63) is 24.0 Å². The summed E-state index contributed by atoms with van der Waals surface area (Å²) in [7, 11) is 0. The first kappa shape index (κ1) is 8.97. The number of ether oxygens (including phenoxy) is 2. The van der Waals surface area contributed by atoms with E-state index in [0.29, 0.717) is 18.0 Å². The second kappa shape index (κ2) is 3.10. The summed E-state index contributed by atoms with van der Waals surface area (Å²) in [6.07, 6.45) is 1.85. The van der Waals surface area contributed by atoms with Crippen molar-refractivity contribution in [2.45, 2.75) is 18.6 Å². The van der Waals surface area contributed by atoms with Gasteiger partial charge >= 0.3 is 0 Å². The van der Waals surface area contributed by atoms with Gasteiger partial charge in [-0.2, -0.15) is 0 Å². The van der Waals surface area contributed by atoms with E-state index in [1.807, 2.05) is 0 Å². The summed E-state index contributed by atoms with van der Waals surface area (Å²) in [5.74, 6) is 0.256. The highest BCUT2D eigenvalue weighted by molar-refractivity contribution is 5.43. The maximum atomic E-state index is 13.0. The number of rotatable bonds is 0. The molecule has 3 rings (SSSR count). The first-order valence-corrected chi connectivity index (χ1v) is 5.16. The van der Waals surface area contributed by atoms with Crippen molar-refractivity contribution < 1.29 is 13.9 Å². The topological polar surface area (TPSA) is 30.5 Å². The SMILES string of the molecule is Fc1ccc2c(c1)OC1(CCCNC1)O2. The van der Waals surface area contributed by atoms with Gasteiger partial charge in [-0.05, 0) is 25.1 Å².